The van der Waals surface area contributed by atoms with E-state index in [1.54, 1.807) is 0 Å². The van der Waals surface area contributed by atoms with E-state index in [9.17, 15) is 8.42 Å². The molecule has 3 N–H and O–H groups in total. The number of hydrogen-bond acceptors (Lipinski definition) is 3. The summed E-state index contributed by atoms with van der Waals surface area (Å²) in [6.45, 7) is 0. The molecular formula is C6H6ClNO3S. The van der Waals surface area contributed by atoms with Crippen molar-refractivity contribution < 1.29 is 13.5 Å². The molecule has 0 aliphatic heterocycles. The van der Waals surface area contributed by atoms with Crippen LogP contribution >= 0.6 is 11.6 Å². The Balaban J connectivity index is 3.39. The Labute approximate surface area is 74.6 Å². The van der Waals surface area contributed by atoms with Crippen LogP contribution in [0.5, 0.6) is 5.75 Å². The van der Waals surface area contributed by atoms with Gasteiger partial charge < -0.3 is 5.11 Å². The lowest BCUT2D eigenvalue weighted by Crippen LogP contribution is -2.12. The monoisotopic (exact) mass is 207 g/mol. The summed E-state index contributed by atoms with van der Waals surface area (Å²) in [7, 11) is -3.79. The van der Waals surface area contributed by atoms with Gasteiger partial charge in [0.2, 0.25) is 10.0 Å². The van der Waals surface area contributed by atoms with Gasteiger partial charge in [-0.15, -0.1) is 0 Å². The second-order valence-electron chi connectivity index (χ2n) is 2.16. The smallest absolute Gasteiger partial charge is 0.239 e. The number of halogens is 1. The van der Waals surface area contributed by atoms with Gasteiger partial charge in [-0.1, -0.05) is 11.6 Å². The van der Waals surface area contributed by atoms with Crippen LogP contribution in [-0.2, 0) is 10.0 Å². The van der Waals surface area contributed by atoms with E-state index in [0.29, 0.717) is 0 Å². The molecule has 0 saturated heterocycles. The molecule has 4 nitrogen and oxygen atoms in total. The SMILES string of the molecule is NS(=O)(=O)c1ccc(O)cc1Cl. The molecule has 1 aromatic carbocycles. The van der Waals surface area contributed by atoms with Crippen molar-refractivity contribution in [2.75, 3.05) is 0 Å². The van der Waals surface area contributed by atoms with E-state index >= 15 is 0 Å². The van der Waals surface area contributed by atoms with Crippen LogP contribution in [0.3, 0.4) is 0 Å². The fraction of sp³-hybridized carbons (Fsp3) is 0. The second kappa shape index (κ2) is 2.93. The normalized spacial score (nSPS) is 11.5. The zero-order valence-electron chi connectivity index (χ0n) is 5.86. The van der Waals surface area contributed by atoms with E-state index in [1.807, 2.05) is 0 Å². The molecule has 6 heteroatoms. The standard InChI is InChI=1S/C6H6ClNO3S/c7-5-3-4(9)1-2-6(5)12(8,10)11/h1-3,9H,(H2,8,10,11). The minimum absolute atomic E-state index is 0.0856. The molecule has 0 amide bonds. The van der Waals surface area contributed by atoms with Crippen molar-refractivity contribution in [1.82, 2.24) is 0 Å². The molecule has 0 heterocycles. The summed E-state index contributed by atoms with van der Waals surface area (Å²) in [5.41, 5.74) is 0. The molecule has 0 radical (unpaired) electrons. The summed E-state index contributed by atoms with van der Waals surface area (Å²) >= 11 is 5.49. The second-order valence-corrected chi connectivity index (χ2v) is 4.10. The van der Waals surface area contributed by atoms with Crippen molar-refractivity contribution in [3.05, 3.63) is 23.2 Å². The Morgan fingerprint density at radius 2 is 2.00 bits per heavy atom. The van der Waals surface area contributed by atoms with Gasteiger partial charge in [-0.2, -0.15) is 0 Å². The molecule has 0 spiro atoms. The number of hydrogen-bond donors (Lipinski definition) is 2. The zero-order valence-corrected chi connectivity index (χ0v) is 7.43. The molecule has 1 rings (SSSR count). The zero-order chi connectivity index (χ0) is 9.35. The van der Waals surface area contributed by atoms with Crippen molar-refractivity contribution in [3.8, 4) is 5.75 Å². The van der Waals surface area contributed by atoms with Crippen LogP contribution in [0, 0.1) is 0 Å². The van der Waals surface area contributed by atoms with Crippen LogP contribution in [0.15, 0.2) is 23.1 Å². The van der Waals surface area contributed by atoms with Crippen LogP contribution in [-0.4, -0.2) is 13.5 Å². The van der Waals surface area contributed by atoms with Gasteiger partial charge >= 0.3 is 0 Å². The predicted octanol–water partition coefficient (Wildman–Crippen LogP) is 0.693. The lowest BCUT2D eigenvalue weighted by atomic mass is 10.3. The minimum Gasteiger partial charge on any atom is -0.508 e. The molecule has 0 aliphatic carbocycles. The van der Waals surface area contributed by atoms with E-state index < -0.39 is 10.0 Å². The third-order valence-electron chi connectivity index (χ3n) is 1.22. The van der Waals surface area contributed by atoms with Gasteiger partial charge in [0.25, 0.3) is 0 Å². The van der Waals surface area contributed by atoms with Crippen LogP contribution in [0.1, 0.15) is 0 Å². The maximum Gasteiger partial charge on any atom is 0.239 e. The maximum atomic E-state index is 10.8. The van der Waals surface area contributed by atoms with Crippen molar-refractivity contribution in [2.45, 2.75) is 4.90 Å². The van der Waals surface area contributed by atoms with E-state index in [2.05, 4.69) is 0 Å². The number of phenolic OH excluding ortho intramolecular Hbond substituents is 1. The Kier molecular flexibility index (Phi) is 2.27. The minimum atomic E-state index is -3.79. The highest BCUT2D eigenvalue weighted by molar-refractivity contribution is 7.89. The number of sulfonamides is 1. The predicted molar refractivity (Wildman–Crippen MR) is 44.5 cm³/mol. The fourth-order valence-electron chi connectivity index (χ4n) is 0.720. The number of aromatic hydroxyl groups is 1. The van der Waals surface area contributed by atoms with Crippen molar-refractivity contribution in [2.24, 2.45) is 5.14 Å². The van der Waals surface area contributed by atoms with Gasteiger partial charge in [0.15, 0.2) is 0 Å². The Morgan fingerprint density at radius 3 is 2.42 bits per heavy atom. The summed E-state index contributed by atoms with van der Waals surface area (Å²) in [5, 5.41) is 13.6. The summed E-state index contributed by atoms with van der Waals surface area (Å²) < 4.78 is 21.6. The van der Waals surface area contributed by atoms with Crippen molar-refractivity contribution in [1.29, 1.82) is 0 Å². The molecule has 0 atom stereocenters. The molecule has 66 valence electrons. The first-order chi connectivity index (χ1) is 5.41. The van der Waals surface area contributed by atoms with Crippen LogP contribution in [0.4, 0.5) is 0 Å². The lowest BCUT2D eigenvalue weighted by molar-refractivity contribution is 0.475. The van der Waals surface area contributed by atoms with Gasteiger partial charge in [0, 0.05) is 0 Å². The Morgan fingerprint density at radius 1 is 1.42 bits per heavy atom. The molecule has 12 heavy (non-hydrogen) atoms. The third kappa shape index (κ3) is 1.88. The highest BCUT2D eigenvalue weighted by Gasteiger charge is 2.12. The molecule has 0 unspecified atom stereocenters. The van der Waals surface area contributed by atoms with E-state index in [-0.39, 0.29) is 15.7 Å². The Bertz CT molecular complexity index is 401. The van der Waals surface area contributed by atoms with E-state index in [1.165, 1.54) is 6.07 Å². The van der Waals surface area contributed by atoms with Gasteiger partial charge in [0.1, 0.15) is 10.6 Å². The largest absolute Gasteiger partial charge is 0.508 e. The quantitative estimate of drug-likeness (QED) is 0.711. The van der Waals surface area contributed by atoms with Crippen molar-refractivity contribution in [3.63, 3.8) is 0 Å². The first-order valence-corrected chi connectivity index (χ1v) is 4.85. The number of primary sulfonamides is 1. The summed E-state index contributed by atoms with van der Waals surface area (Å²) in [6, 6.07) is 3.46. The number of nitrogens with two attached hydrogens (primary N) is 1. The topological polar surface area (TPSA) is 80.4 Å². The fourth-order valence-corrected chi connectivity index (χ4v) is 1.81. The van der Waals surface area contributed by atoms with Gasteiger partial charge in [-0.25, -0.2) is 13.6 Å². The van der Waals surface area contributed by atoms with Gasteiger partial charge in [-0.3, -0.25) is 0 Å². The highest BCUT2D eigenvalue weighted by atomic mass is 35.5. The number of benzene rings is 1. The molecule has 1 aromatic rings. The van der Waals surface area contributed by atoms with Crippen LogP contribution in [0.2, 0.25) is 5.02 Å². The Hall–Kier alpha value is -0.780. The summed E-state index contributed by atoms with van der Waals surface area (Å²) in [6.07, 6.45) is 0. The molecule has 0 aromatic heterocycles. The van der Waals surface area contributed by atoms with E-state index in [0.717, 1.165) is 12.1 Å². The molecule has 0 saturated carbocycles. The molecule has 0 bridgehead atoms. The van der Waals surface area contributed by atoms with Crippen LogP contribution in [0.25, 0.3) is 0 Å². The van der Waals surface area contributed by atoms with E-state index in [4.69, 9.17) is 21.8 Å². The number of phenols is 1. The molecule has 0 fully saturated rings. The van der Waals surface area contributed by atoms with Crippen LogP contribution < -0.4 is 5.14 Å². The summed E-state index contributed by atoms with van der Waals surface area (Å²) in [5.74, 6) is -0.104. The lowest BCUT2D eigenvalue weighted by Gasteiger charge is -2.00. The maximum absolute atomic E-state index is 10.8. The third-order valence-corrected chi connectivity index (χ3v) is 2.62. The summed E-state index contributed by atoms with van der Waals surface area (Å²) in [4.78, 5) is -0.193. The van der Waals surface area contributed by atoms with Gasteiger partial charge in [-0.05, 0) is 18.2 Å². The number of rotatable bonds is 1. The van der Waals surface area contributed by atoms with Gasteiger partial charge in [0.05, 0.1) is 5.02 Å². The molecular weight excluding hydrogens is 202 g/mol. The highest BCUT2D eigenvalue weighted by Crippen LogP contribution is 2.24. The average molecular weight is 208 g/mol. The van der Waals surface area contributed by atoms with Crippen molar-refractivity contribution >= 4 is 21.6 Å². The average Bonchev–Trinajstić information content (AvgIpc) is 1.83. The first kappa shape index (κ1) is 9.31. The first-order valence-electron chi connectivity index (χ1n) is 2.92. The molecule has 0 aliphatic rings.